The number of anilines is 1. The van der Waals surface area contributed by atoms with Crippen LogP contribution in [0.4, 0.5) is 10.5 Å². The highest BCUT2D eigenvalue weighted by molar-refractivity contribution is 5.90. The summed E-state index contributed by atoms with van der Waals surface area (Å²) >= 11 is 0. The molecule has 19 heavy (non-hydrogen) atoms. The third-order valence-electron chi connectivity index (χ3n) is 3.37. The molecule has 1 aromatic rings. The standard InChI is InChI=1S/C14H21N3O2/c1-19-13-5-3-2-4-12(13)17-14(18)16-10-11-6-8-15-9-7-11/h2-5,11,15H,6-10H2,1H3,(H2,16,17,18). The highest BCUT2D eigenvalue weighted by Gasteiger charge is 2.14. The highest BCUT2D eigenvalue weighted by atomic mass is 16.5. The third kappa shape index (κ3) is 4.13. The lowest BCUT2D eigenvalue weighted by Gasteiger charge is -2.22. The van der Waals surface area contributed by atoms with Crippen molar-refractivity contribution in [2.75, 3.05) is 32.1 Å². The number of piperidine rings is 1. The van der Waals surface area contributed by atoms with E-state index in [1.165, 1.54) is 0 Å². The maximum absolute atomic E-state index is 11.8. The SMILES string of the molecule is COc1ccccc1NC(=O)NCC1CCNCC1. The van der Waals surface area contributed by atoms with Gasteiger partial charge in [0.2, 0.25) is 0 Å². The molecule has 1 fully saturated rings. The average molecular weight is 263 g/mol. The summed E-state index contributed by atoms with van der Waals surface area (Å²) in [6.45, 7) is 2.81. The molecule has 0 unspecified atom stereocenters. The first-order valence-corrected chi connectivity index (χ1v) is 6.68. The molecule has 1 heterocycles. The summed E-state index contributed by atoms with van der Waals surface area (Å²) in [6.07, 6.45) is 2.24. The molecule has 1 aromatic carbocycles. The molecule has 5 nitrogen and oxygen atoms in total. The van der Waals surface area contributed by atoms with E-state index in [0.29, 0.717) is 17.4 Å². The van der Waals surface area contributed by atoms with Gasteiger partial charge in [0.25, 0.3) is 0 Å². The van der Waals surface area contributed by atoms with Crippen molar-refractivity contribution < 1.29 is 9.53 Å². The molecule has 0 radical (unpaired) electrons. The number of rotatable bonds is 4. The molecule has 0 saturated carbocycles. The van der Waals surface area contributed by atoms with Crippen LogP contribution in [0.25, 0.3) is 0 Å². The van der Waals surface area contributed by atoms with Crippen LogP contribution in [0.2, 0.25) is 0 Å². The number of methoxy groups -OCH3 is 1. The van der Waals surface area contributed by atoms with Crippen molar-refractivity contribution >= 4 is 11.7 Å². The quantitative estimate of drug-likeness (QED) is 0.776. The van der Waals surface area contributed by atoms with E-state index in [0.717, 1.165) is 32.5 Å². The second-order valence-electron chi connectivity index (χ2n) is 4.73. The van der Waals surface area contributed by atoms with Crippen LogP contribution >= 0.6 is 0 Å². The van der Waals surface area contributed by atoms with Crippen LogP contribution in [0.1, 0.15) is 12.8 Å². The summed E-state index contributed by atoms with van der Waals surface area (Å²) in [5.74, 6) is 1.24. The van der Waals surface area contributed by atoms with E-state index in [1.807, 2.05) is 24.3 Å². The van der Waals surface area contributed by atoms with Gasteiger partial charge < -0.3 is 20.7 Å². The maximum atomic E-state index is 11.8. The number of urea groups is 1. The molecule has 104 valence electrons. The molecule has 0 spiro atoms. The van der Waals surface area contributed by atoms with Crippen molar-refractivity contribution in [3.8, 4) is 5.75 Å². The largest absolute Gasteiger partial charge is 0.495 e. The Morgan fingerprint density at radius 2 is 2.11 bits per heavy atom. The smallest absolute Gasteiger partial charge is 0.319 e. The lowest BCUT2D eigenvalue weighted by atomic mass is 9.98. The Labute approximate surface area is 113 Å². The van der Waals surface area contributed by atoms with Gasteiger partial charge in [-0.05, 0) is 44.0 Å². The topological polar surface area (TPSA) is 62.4 Å². The molecular formula is C14H21N3O2. The zero-order chi connectivity index (χ0) is 13.5. The summed E-state index contributed by atoms with van der Waals surface area (Å²) in [4.78, 5) is 11.8. The normalized spacial score (nSPS) is 15.8. The van der Waals surface area contributed by atoms with Gasteiger partial charge in [-0.2, -0.15) is 0 Å². The number of nitrogens with one attached hydrogen (secondary N) is 3. The number of carbonyl (C=O) groups is 1. The van der Waals surface area contributed by atoms with E-state index in [-0.39, 0.29) is 6.03 Å². The number of hydrogen-bond donors (Lipinski definition) is 3. The monoisotopic (exact) mass is 263 g/mol. The molecule has 1 aliphatic rings. The van der Waals surface area contributed by atoms with Gasteiger partial charge in [0.1, 0.15) is 5.75 Å². The van der Waals surface area contributed by atoms with Gasteiger partial charge in [0.05, 0.1) is 12.8 Å². The molecule has 0 atom stereocenters. The minimum absolute atomic E-state index is 0.178. The number of para-hydroxylation sites is 2. The first-order chi connectivity index (χ1) is 9.29. The molecule has 1 saturated heterocycles. The third-order valence-corrected chi connectivity index (χ3v) is 3.37. The average Bonchev–Trinajstić information content (AvgIpc) is 2.47. The van der Waals surface area contributed by atoms with E-state index in [2.05, 4.69) is 16.0 Å². The van der Waals surface area contributed by atoms with E-state index in [1.54, 1.807) is 7.11 Å². The van der Waals surface area contributed by atoms with E-state index in [9.17, 15) is 4.79 Å². The molecule has 2 rings (SSSR count). The van der Waals surface area contributed by atoms with Gasteiger partial charge in [0.15, 0.2) is 0 Å². The fourth-order valence-corrected chi connectivity index (χ4v) is 2.24. The van der Waals surface area contributed by atoms with Crippen LogP contribution in [-0.4, -0.2) is 32.8 Å². The molecule has 0 aliphatic carbocycles. The van der Waals surface area contributed by atoms with Gasteiger partial charge in [-0.1, -0.05) is 12.1 Å². The van der Waals surface area contributed by atoms with E-state index < -0.39 is 0 Å². The minimum Gasteiger partial charge on any atom is -0.495 e. The Hall–Kier alpha value is -1.75. The van der Waals surface area contributed by atoms with Crippen molar-refractivity contribution in [3.63, 3.8) is 0 Å². The van der Waals surface area contributed by atoms with Crippen LogP contribution in [0.15, 0.2) is 24.3 Å². The lowest BCUT2D eigenvalue weighted by Crippen LogP contribution is -2.37. The van der Waals surface area contributed by atoms with Gasteiger partial charge in [-0.3, -0.25) is 0 Å². The molecular weight excluding hydrogens is 242 g/mol. The van der Waals surface area contributed by atoms with Crippen molar-refractivity contribution in [2.45, 2.75) is 12.8 Å². The predicted octanol–water partition coefficient (Wildman–Crippen LogP) is 1.82. The Morgan fingerprint density at radius 3 is 2.84 bits per heavy atom. The summed E-state index contributed by atoms with van der Waals surface area (Å²) in [6, 6.07) is 7.20. The number of hydrogen-bond acceptors (Lipinski definition) is 3. The van der Waals surface area contributed by atoms with Crippen molar-refractivity contribution in [3.05, 3.63) is 24.3 Å². The number of amides is 2. The summed E-state index contributed by atoms with van der Waals surface area (Å²) in [7, 11) is 1.59. The van der Waals surface area contributed by atoms with Gasteiger partial charge in [0, 0.05) is 6.54 Å². The van der Waals surface area contributed by atoms with Crippen molar-refractivity contribution in [2.24, 2.45) is 5.92 Å². The molecule has 1 aliphatic heterocycles. The Balaban J connectivity index is 1.80. The molecule has 2 amide bonds. The lowest BCUT2D eigenvalue weighted by molar-refractivity contribution is 0.248. The summed E-state index contributed by atoms with van der Waals surface area (Å²) in [5.41, 5.74) is 0.688. The first kappa shape index (κ1) is 13.7. The fraction of sp³-hybridized carbons (Fsp3) is 0.500. The first-order valence-electron chi connectivity index (χ1n) is 6.68. The zero-order valence-corrected chi connectivity index (χ0v) is 11.2. The molecule has 0 bridgehead atoms. The van der Waals surface area contributed by atoms with Crippen LogP contribution in [-0.2, 0) is 0 Å². The van der Waals surface area contributed by atoms with E-state index >= 15 is 0 Å². The second kappa shape index (κ2) is 6.99. The fourth-order valence-electron chi connectivity index (χ4n) is 2.24. The Morgan fingerprint density at radius 1 is 1.37 bits per heavy atom. The number of carbonyl (C=O) groups excluding carboxylic acids is 1. The minimum atomic E-state index is -0.178. The molecule has 3 N–H and O–H groups in total. The number of ether oxygens (including phenoxy) is 1. The van der Waals surface area contributed by atoms with Gasteiger partial charge in [-0.25, -0.2) is 4.79 Å². The van der Waals surface area contributed by atoms with Crippen molar-refractivity contribution in [1.82, 2.24) is 10.6 Å². The summed E-state index contributed by atoms with van der Waals surface area (Å²) in [5, 5.41) is 9.04. The van der Waals surface area contributed by atoms with Crippen LogP contribution in [0.3, 0.4) is 0 Å². The maximum Gasteiger partial charge on any atom is 0.319 e. The van der Waals surface area contributed by atoms with Crippen LogP contribution in [0.5, 0.6) is 5.75 Å². The molecule has 0 aromatic heterocycles. The van der Waals surface area contributed by atoms with Gasteiger partial charge in [-0.15, -0.1) is 0 Å². The molecule has 5 heteroatoms. The predicted molar refractivity (Wildman–Crippen MR) is 75.6 cm³/mol. The Bertz CT molecular complexity index is 417. The van der Waals surface area contributed by atoms with E-state index in [4.69, 9.17) is 4.74 Å². The Kier molecular flexibility index (Phi) is 5.03. The zero-order valence-electron chi connectivity index (χ0n) is 11.2. The van der Waals surface area contributed by atoms with Crippen molar-refractivity contribution in [1.29, 1.82) is 0 Å². The highest BCUT2D eigenvalue weighted by Crippen LogP contribution is 2.22. The number of benzene rings is 1. The van der Waals surface area contributed by atoms with Gasteiger partial charge >= 0.3 is 6.03 Å². The second-order valence-corrected chi connectivity index (χ2v) is 4.73. The summed E-state index contributed by atoms with van der Waals surface area (Å²) < 4.78 is 5.19. The van der Waals surface area contributed by atoms with Crippen LogP contribution in [0, 0.1) is 5.92 Å². The van der Waals surface area contributed by atoms with Crippen LogP contribution < -0.4 is 20.7 Å².